The molecule has 1 aliphatic heterocycles. The molecule has 0 radical (unpaired) electrons. The van der Waals surface area contributed by atoms with Gasteiger partial charge in [0.05, 0.1) is 11.4 Å². The van der Waals surface area contributed by atoms with E-state index in [2.05, 4.69) is 80.7 Å². The zero-order valence-electron chi connectivity index (χ0n) is 20.4. The van der Waals surface area contributed by atoms with Crippen molar-refractivity contribution in [2.24, 2.45) is 39.8 Å². The molecule has 4 rings (SSSR count). The van der Waals surface area contributed by atoms with Crippen LogP contribution in [0.2, 0.25) is 0 Å². The fourth-order valence-corrected chi connectivity index (χ4v) is 5.19. The summed E-state index contributed by atoms with van der Waals surface area (Å²) in [4.78, 5) is 12.8. The Bertz CT molecular complexity index is 996. The van der Waals surface area contributed by atoms with Crippen molar-refractivity contribution in [2.45, 2.75) is 59.4 Å². The molecule has 2 aromatic carbocycles. The number of carbonyl (C=O) groups excluding carboxylic acids is 1. The van der Waals surface area contributed by atoms with Gasteiger partial charge in [0.2, 0.25) is 5.91 Å². The first kappa shape index (κ1) is 23.4. The van der Waals surface area contributed by atoms with E-state index in [1.165, 1.54) is 5.56 Å². The van der Waals surface area contributed by atoms with Crippen LogP contribution in [0.15, 0.2) is 70.9 Å². The van der Waals surface area contributed by atoms with Crippen molar-refractivity contribution >= 4 is 17.3 Å². The van der Waals surface area contributed by atoms with E-state index in [4.69, 9.17) is 10.2 Å². The minimum Gasteiger partial charge on any atom is -0.353 e. The molecule has 5 unspecified atom stereocenters. The van der Waals surface area contributed by atoms with Gasteiger partial charge in [-0.1, -0.05) is 88.4 Å². The van der Waals surface area contributed by atoms with E-state index < -0.39 is 0 Å². The summed E-state index contributed by atoms with van der Waals surface area (Å²) in [7, 11) is 0. The second-order valence-electron chi connectivity index (χ2n) is 10.2. The highest BCUT2D eigenvalue weighted by Crippen LogP contribution is 2.38. The second-order valence-corrected chi connectivity index (χ2v) is 10.2. The molecule has 1 fully saturated rings. The summed E-state index contributed by atoms with van der Waals surface area (Å²) in [5.74, 6) is 1.64. The number of carbonyl (C=O) groups is 1. The third-order valence-electron chi connectivity index (χ3n) is 7.74. The summed E-state index contributed by atoms with van der Waals surface area (Å²) in [6.45, 7) is 8.56. The summed E-state index contributed by atoms with van der Waals surface area (Å²) < 4.78 is 0. The maximum absolute atomic E-state index is 12.8. The van der Waals surface area contributed by atoms with Crippen molar-refractivity contribution in [1.82, 2.24) is 5.32 Å². The molecular weight excluding hydrogens is 406 g/mol. The monoisotopic (exact) mass is 443 g/mol. The average molecular weight is 444 g/mol. The number of amides is 1. The SMILES string of the molecule is CC(C)C(C)C(=O)NC1CCC2C(c3ccccc3)=NN=C(c3ccccc3)C2CCC1C. The van der Waals surface area contributed by atoms with Gasteiger partial charge in [-0.15, -0.1) is 0 Å². The predicted molar refractivity (Wildman–Crippen MR) is 137 cm³/mol. The summed E-state index contributed by atoms with van der Waals surface area (Å²) in [5, 5.41) is 13.0. The number of nitrogens with zero attached hydrogens (tertiary/aromatic N) is 2. The predicted octanol–water partition coefficient (Wildman–Crippen LogP) is 6.11. The first-order chi connectivity index (χ1) is 16.0. The van der Waals surface area contributed by atoms with Gasteiger partial charge < -0.3 is 5.32 Å². The highest BCUT2D eigenvalue weighted by molar-refractivity contribution is 6.11. The summed E-state index contributed by atoms with van der Waals surface area (Å²) >= 11 is 0. The van der Waals surface area contributed by atoms with Crippen molar-refractivity contribution < 1.29 is 4.79 Å². The fraction of sp³-hybridized carbons (Fsp3) is 0.483. The lowest BCUT2D eigenvalue weighted by atomic mass is 9.70. The lowest BCUT2D eigenvalue weighted by molar-refractivity contribution is -0.126. The van der Waals surface area contributed by atoms with E-state index in [-0.39, 0.29) is 17.9 Å². The van der Waals surface area contributed by atoms with Crippen LogP contribution in [0.4, 0.5) is 0 Å². The Balaban J connectivity index is 1.62. The molecule has 2 aromatic rings. The quantitative estimate of drug-likeness (QED) is 0.595. The number of hydrogen-bond acceptors (Lipinski definition) is 3. The molecule has 0 spiro atoms. The Hall–Kier alpha value is -2.75. The lowest BCUT2D eigenvalue weighted by Gasteiger charge is -2.38. The fourth-order valence-electron chi connectivity index (χ4n) is 5.19. The number of rotatable bonds is 5. The van der Waals surface area contributed by atoms with E-state index in [0.717, 1.165) is 42.7 Å². The Morgan fingerprint density at radius 2 is 1.27 bits per heavy atom. The second kappa shape index (κ2) is 10.5. The van der Waals surface area contributed by atoms with Gasteiger partial charge in [-0.05, 0) is 48.6 Å². The van der Waals surface area contributed by atoms with E-state index >= 15 is 0 Å². The van der Waals surface area contributed by atoms with Gasteiger partial charge in [0.1, 0.15) is 0 Å². The summed E-state index contributed by atoms with van der Waals surface area (Å²) in [6.07, 6.45) is 4.08. The van der Waals surface area contributed by atoms with Gasteiger partial charge in [0.25, 0.3) is 0 Å². The van der Waals surface area contributed by atoms with Crippen molar-refractivity contribution in [2.75, 3.05) is 0 Å². The Kier molecular flexibility index (Phi) is 7.42. The number of fused-ring (bicyclic) bond motifs is 1. The third kappa shape index (κ3) is 5.26. The maximum Gasteiger partial charge on any atom is 0.223 e. The Morgan fingerprint density at radius 3 is 1.76 bits per heavy atom. The standard InChI is InChI=1S/C29H37N3O/c1-19(2)21(4)29(33)30-26-18-17-25-24(16-15-20(26)3)27(22-11-7-5-8-12-22)31-32-28(25)23-13-9-6-10-14-23/h5-14,19-21,24-26H,15-18H2,1-4H3,(H,30,33). The van der Waals surface area contributed by atoms with Gasteiger partial charge >= 0.3 is 0 Å². The topological polar surface area (TPSA) is 53.8 Å². The van der Waals surface area contributed by atoms with Crippen LogP contribution in [0, 0.1) is 29.6 Å². The van der Waals surface area contributed by atoms with Crippen LogP contribution in [-0.4, -0.2) is 23.4 Å². The smallest absolute Gasteiger partial charge is 0.223 e. The molecule has 1 saturated carbocycles. The molecule has 1 N–H and O–H groups in total. The average Bonchev–Trinajstić information content (AvgIpc) is 2.84. The first-order valence-corrected chi connectivity index (χ1v) is 12.5. The molecule has 1 amide bonds. The Morgan fingerprint density at radius 1 is 0.788 bits per heavy atom. The minimum absolute atomic E-state index is 0.0309. The lowest BCUT2D eigenvalue weighted by Crippen LogP contribution is -2.45. The van der Waals surface area contributed by atoms with E-state index in [1.807, 2.05) is 13.0 Å². The van der Waals surface area contributed by atoms with Gasteiger partial charge in [-0.25, -0.2) is 0 Å². The van der Waals surface area contributed by atoms with Crippen LogP contribution in [-0.2, 0) is 4.79 Å². The molecular formula is C29H37N3O. The van der Waals surface area contributed by atoms with Crippen LogP contribution in [0.1, 0.15) is 64.5 Å². The number of hydrogen-bond donors (Lipinski definition) is 1. The highest BCUT2D eigenvalue weighted by Gasteiger charge is 2.38. The Labute approximate surface area is 198 Å². The molecule has 0 aromatic heterocycles. The van der Waals surface area contributed by atoms with Crippen molar-refractivity contribution in [3.05, 3.63) is 71.8 Å². The molecule has 4 heteroatoms. The molecule has 4 nitrogen and oxygen atoms in total. The van der Waals surface area contributed by atoms with Crippen molar-refractivity contribution in [3.63, 3.8) is 0 Å². The molecule has 1 aliphatic carbocycles. The van der Waals surface area contributed by atoms with Crippen LogP contribution < -0.4 is 5.32 Å². The molecule has 174 valence electrons. The van der Waals surface area contributed by atoms with Gasteiger partial charge in [0.15, 0.2) is 0 Å². The van der Waals surface area contributed by atoms with E-state index in [1.54, 1.807) is 0 Å². The molecule has 33 heavy (non-hydrogen) atoms. The summed E-state index contributed by atoms with van der Waals surface area (Å²) in [5.41, 5.74) is 4.54. The first-order valence-electron chi connectivity index (χ1n) is 12.5. The van der Waals surface area contributed by atoms with Crippen LogP contribution in [0.25, 0.3) is 0 Å². The zero-order valence-corrected chi connectivity index (χ0v) is 20.4. The van der Waals surface area contributed by atoms with Crippen LogP contribution in [0.3, 0.4) is 0 Å². The number of benzene rings is 2. The van der Waals surface area contributed by atoms with E-state index in [9.17, 15) is 4.79 Å². The van der Waals surface area contributed by atoms with Gasteiger partial charge in [-0.2, -0.15) is 10.2 Å². The van der Waals surface area contributed by atoms with Crippen molar-refractivity contribution in [1.29, 1.82) is 0 Å². The normalized spacial score (nSPS) is 26.3. The van der Waals surface area contributed by atoms with Gasteiger partial charge in [-0.3, -0.25) is 4.79 Å². The minimum atomic E-state index is 0.0309. The van der Waals surface area contributed by atoms with Crippen molar-refractivity contribution in [3.8, 4) is 0 Å². The zero-order chi connectivity index (χ0) is 23.4. The van der Waals surface area contributed by atoms with E-state index in [0.29, 0.717) is 23.7 Å². The molecule has 0 bridgehead atoms. The third-order valence-corrected chi connectivity index (χ3v) is 7.74. The number of nitrogens with one attached hydrogen (secondary N) is 1. The molecule has 1 heterocycles. The molecule has 0 saturated heterocycles. The largest absolute Gasteiger partial charge is 0.353 e. The van der Waals surface area contributed by atoms with Crippen LogP contribution >= 0.6 is 0 Å². The molecule has 5 atom stereocenters. The van der Waals surface area contributed by atoms with Crippen LogP contribution in [0.5, 0.6) is 0 Å². The highest BCUT2D eigenvalue weighted by atomic mass is 16.1. The summed E-state index contributed by atoms with van der Waals surface area (Å²) in [6, 6.07) is 21.2. The maximum atomic E-state index is 12.8. The molecule has 2 aliphatic rings. The van der Waals surface area contributed by atoms with Gasteiger partial charge in [0, 0.05) is 23.8 Å².